The summed E-state index contributed by atoms with van der Waals surface area (Å²) in [5.74, 6) is -1.04. The molecular weight excluding hydrogens is 293 g/mol. The molecule has 2 rings (SSSR count). The normalized spacial score (nSPS) is 11.6. The number of rotatable bonds is 5. The first-order valence-corrected chi connectivity index (χ1v) is 5.66. The highest BCUT2D eigenvalue weighted by molar-refractivity contribution is 5.88. The van der Waals surface area contributed by atoms with Gasteiger partial charge in [-0.2, -0.15) is 18.2 Å². The fourth-order valence-corrected chi connectivity index (χ4v) is 1.44. The van der Waals surface area contributed by atoms with E-state index in [0.717, 1.165) is 0 Å². The Morgan fingerprint density at radius 3 is 2.52 bits per heavy atom. The average Bonchev–Trinajstić information content (AvgIpc) is 2.86. The molecular formula is C12H9F3N2O4. The van der Waals surface area contributed by atoms with Gasteiger partial charge in [0.15, 0.2) is 5.82 Å². The molecule has 1 heterocycles. The van der Waals surface area contributed by atoms with Crippen LogP contribution in [0.2, 0.25) is 0 Å². The number of benzene rings is 1. The molecule has 1 aromatic heterocycles. The lowest BCUT2D eigenvalue weighted by atomic mass is 10.1. The summed E-state index contributed by atoms with van der Waals surface area (Å²) >= 11 is 0. The van der Waals surface area contributed by atoms with Crippen molar-refractivity contribution >= 4 is 5.97 Å². The minimum atomic E-state index is -4.42. The molecule has 0 bridgehead atoms. The molecule has 0 aliphatic carbocycles. The van der Waals surface area contributed by atoms with Crippen LogP contribution in [0.3, 0.4) is 0 Å². The monoisotopic (exact) mass is 302 g/mol. The smallest absolute Gasteiger partial charge is 0.411 e. The van der Waals surface area contributed by atoms with Crippen LogP contribution < -0.4 is 0 Å². The molecule has 0 spiro atoms. The Balaban J connectivity index is 2.00. The summed E-state index contributed by atoms with van der Waals surface area (Å²) in [5, 5.41) is 12.2. The number of hydrogen-bond acceptors (Lipinski definition) is 5. The van der Waals surface area contributed by atoms with Crippen LogP contribution in [0.4, 0.5) is 13.2 Å². The highest BCUT2D eigenvalue weighted by atomic mass is 19.4. The standard InChI is InChI=1S/C12H9F3N2O4/c13-12(14,15)6-20-5-9-16-10(21-17-9)7-1-3-8(4-2-7)11(18)19/h1-4H,5-6H2,(H,18,19). The van der Waals surface area contributed by atoms with Gasteiger partial charge in [-0.3, -0.25) is 0 Å². The zero-order valence-corrected chi connectivity index (χ0v) is 10.4. The van der Waals surface area contributed by atoms with E-state index in [2.05, 4.69) is 14.9 Å². The third-order valence-corrected chi connectivity index (χ3v) is 2.34. The van der Waals surface area contributed by atoms with E-state index in [1.165, 1.54) is 24.3 Å². The Labute approximate surface area is 116 Å². The molecule has 6 nitrogen and oxygen atoms in total. The Morgan fingerprint density at radius 1 is 1.29 bits per heavy atom. The van der Waals surface area contributed by atoms with Crippen molar-refractivity contribution < 1.29 is 32.3 Å². The first kappa shape index (κ1) is 15.0. The van der Waals surface area contributed by atoms with Gasteiger partial charge in [0, 0.05) is 5.56 Å². The molecule has 0 saturated heterocycles. The van der Waals surface area contributed by atoms with Crippen molar-refractivity contribution in [2.24, 2.45) is 0 Å². The molecule has 0 atom stereocenters. The summed E-state index contributed by atoms with van der Waals surface area (Å²) in [6, 6.07) is 5.61. The van der Waals surface area contributed by atoms with Crippen molar-refractivity contribution in [3.63, 3.8) is 0 Å². The van der Waals surface area contributed by atoms with Crippen LogP contribution in [0.15, 0.2) is 28.8 Å². The predicted octanol–water partition coefficient (Wildman–Crippen LogP) is 2.51. The van der Waals surface area contributed by atoms with Crippen LogP contribution in [-0.2, 0) is 11.3 Å². The summed E-state index contributed by atoms with van der Waals surface area (Å²) in [5.41, 5.74) is 0.543. The summed E-state index contributed by atoms with van der Waals surface area (Å²) in [4.78, 5) is 14.5. The highest BCUT2D eigenvalue weighted by Crippen LogP contribution is 2.19. The maximum atomic E-state index is 11.9. The van der Waals surface area contributed by atoms with Gasteiger partial charge in [0.1, 0.15) is 13.2 Å². The molecule has 1 aromatic carbocycles. The Hall–Kier alpha value is -2.42. The van der Waals surface area contributed by atoms with Crippen molar-refractivity contribution in [2.75, 3.05) is 6.61 Å². The van der Waals surface area contributed by atoms with Gasteiger partial charge in [-0.15, -0.1) is 0 Å². The number of carboxylic acids is 1. The van der Waals surface area contributed by atoms with Gasteiger partial charge in [0.05, 0.1) is 5.56 Å². The number of carboxylic acid groups (broad SMARTS) is 1. The summed E-state index contributed by atoms with van der Waals surface area (Å²) in [7, 11) is 0. The topological polar surface area (TPSA) is 85.5 Å². The Bertz CT molecular complexity index is 622. The van der Waals surface area contributed by atoms with Crippen molar-refractivity contribution in [3.8, 4) is 11.5 Å². The summed E-state index contributed by atoms with van der Waals surface area (Å²) in [6.45, 7) is -1.83. The van der Waals surface area contributed by atoms with Crippen molar-refractivity contribution in [2.45, 2.75) is 12.8 Å². The van der Waals surface area contributed by atoms with Crippen LogP contribution in [0.25, 0.3) is 11.5 Å². The second-order valence-corrected chi connectivity index (χ2v) is 4.01. The van der Waals surface area contributed by atoms with Gasteiger partial charge < -0.3 is 14.4 Å². The van der Waals surface area contributed by atoms with Gasteiger partial charge in [0.25, 0.3) is 5.89 Å². The fraction of sp³-hybridized carbons (Fsp3) is 0.250. The first-order valence-electron chi connectivity index (χ1n) is 5.66. The molecule has 21 heavy (non-hydrogen) atoms. The number of hydrogen-bond donors (Lipinski definition) is 1. The first-order chi connectivity index (χ1) is 9.85. The predicted molar refractivity (Wildman–Crippen MR) is 62.4 cm³/mol. The number of aromatic carboxylic acids is 1. The number of aromatic nitrogens is 2. The van der Waals surface area contributed by atoms with Crippen LogP contribution in [0, 0.1) is 0 Å². The molecule has 0 aliphatic heterocycles. The molecule has 0 unspecified atom stereocenters. The van der Waals surface area contributed by atoms with E-state index in [1.54, 1.807) is 0 Å². The maximum absolute atomic E-state index is 11.9. The molecule has 9 heteroatoms. The van der Waals surface area contributed by atoms with E-state index >= 15 is 0 Å². The Morgan fingerprint density at radius 2 is 1.95 bits per heavy atom. The largest absolute Gasteiger partial charge is 0.478 e. The summed E-state index contributed by atoms with van der Waals surface area (Å²) < 4.78 is 44.9. The van der Waals surface area contributed by atoms with Gasteiger partial charge in [0.2, 0.25) is 0 Å². The van der Waals surface area contributed by atoms with Crippen molar-refractivity contribution in [3.05, 3.63) is 35.7 Å². The number of ether oxygens (including phenoxy) is 1. The molecule has 1 N–H and O–H groups in total. The zero-order chi connectivity index (χ0) is 15.5. The third-order valence-electron chi connectivity index (χ3n) is 2.34. The van der Waals surface area contributed by atoms with E-state index in [-0.39, 0.29) is 17.3 Å². The fourth-order valence-electron chi connectivity index (χ4n) is 1.44. The number of halogens is 3. The lowest BCUT2D eigenvalue weighted by Crippen LogP contribution is -2.16. The molecule has 0 radical (unpaired) electrons. The molecule has 0 aliphatic rings. The molecule has 0 saturated carbocycles. The molecule has 0 amide bonds. The van der Waals surface area contributed by atoms with Gasteiger partial charge >= 0.3 is 12.1 Å². The number of carbonyl (C=O) groups is 1. The molecule has 2 aromatic rings. The van der Waals surface area contributed by atoms with Crippen LogP contribution in [-0.4, -0.2) is 34.0 Å². The minimum absolute atomic E-state index is 0.0310. The van der Waals surface area contributed by atoms with Crippen molar-refractivity contribution in [1.29, 1.82) is 0 Å². The van der Waals surface area contributed by atoms with Gasteiger partial charge in [-0.05, 0) is 24.3 Å². The average molecular weight is 302 g/mol. The zero-order valence-electron chi connectivity index (χ0n) is 10.4. The Kier molecular flexibility index (Phi) is 4.22. The maximum Gasteiger partial charge on any atom is 0.411 e. The SMILES string of the molecule is O=C(O)c1ccc(-c2nc(COCC(F)(F)F)no2)cc1. The molecule has 112 valence electrons. The summed E-state index contributed by atoms with van der Waals surface area (Å²) in [6.07, 6.45) is -4.42. The lowest BCUT2D eigenvalue weighted by molar-refractivity contribution is -0.177. The van der Waals surface area contributed by atoms with Crippen LogP contribution in [0.5, 0.6) is 0 Å². The second kappa shape index (κ2) is 5.92. The second-order valence-electron chi connectivity index (χ2n) is 4.01. The van der Waals surface area contributed by atoms with Crippen LogP contribution >= 0.6 is 0 Å². The highest BCUT2D eigenvalue weighted by Gasteiger charge is 2.27. The van der Waals surface area contributed by atoms with E-state index in [9.17, 15) is 18.0 Å². The third kappa shape index (κ3) is 4.28. The molecule has 0 fully saturated rings. The minimum Gasteiger partial charge on any atom is -0.478 e. The van der Waals surface area contributed by atoms with E-state index in [0.29, 0.717) is 5.56 Å². The van der Waals surface area contributed by atoms with Gasteiger partial charge in [-0.1, -0.05) is 5.16 Å². The quantitative estimate of drug-likeness (QED) is 0.913. The van der Waals surface area contributed by atoms with E-state index < -0.39 is 25.4 Å². The lowest BCUT2D eigenvalue weighted by Gasteiger charge is -2.04. The van der Waals surface area contributed by atoms with E-state index in [4.69, 9.17) is 9.63 Å². The van der Waals surface area contributed by atoms with Gasteiger partial charge in [-0.25, -0.2) is 4.79 Å². The van der Waals surface area contributed by atoms with Crippen molar-refractivity contribution in [1.82, 2.24) is 10.1 Å². The van der Waals surface area contributed by atoms with E-state index in [1.807, 2.05) is 0 Å². The number of alkyl halides is 3. The number of nitrogens with zero attached hydrogens (tertiary/aromatic N) is 2. The van der Waals surface area contributed by atoms with Crippen LogP contribution in [0.1, 0.15) is 16.2 Å².